The lowest BCUT2D eigenvalue weighted by Crippen LogP contribution is -2.41. The van der Waals surface area contributed by atoms with E-state index in [0.29, 0.717) is 11.8 Å². The Bertz CT molecular complexity index is 1180. The summed E-state index contributed by atoms with van der Waals surface area (Å²) in [4.78, 5) is 25.3. The molecule has 1 saturated heterocycles. The van der Waals surface area contributed by atoms with Crippen molar-refractivity contribution in [2.75, 3.05) is 23.7 Å². The predicted octanol–water partition coefficient (Wildman–Crippen LogP) is 3.44. The molecule has 4 rings (SSSR count). The van der Waals surface area contributed by atoms with E-state index in [9.17, 15) is 26.8 Å². The van der Waals surface area contributed by atoms with Crippen molar-refractivity contribution in [2.24, 2.45) is 5.92 Å². The zero-order chi connectivity index (χ0) is 23.0. The number of hydrogen-bond donors (Lipinski definition) is 2. The summed E-state index contributed by atoms with van der Waals surface area (Å²) in [6.45, 7) is 2.03. The summed E-state index contributed by atoms with van der Waals surface area (Å²) in [7, 11) is -3.81. The summed E-state index contributed by atoms with van der Waals surface area (Å²) in [6, 6.07) is 7.54. The Morgan fingerprint density at radius 2 is 1.88 bits per heavy atom. The van der Waals surface area contributed by atoms with Gasteiger partial charge in [-0.3, -0.25) is 9.59 Å². The molecule has 0 aliphatic carbocycles. The van der Waals surface area contributed by atoms with Gasteiger partial charge in [-0.05, 0) is 50.1 Å². The van der Waals surface area contributed by atoms with Gasteiger partial charge in [0, 0.05) is 30.0 Å². The molecule has 11 heteroatoms. The number of hydrogen-bond acceptors (Lipinski definition) is 5. The Kier molecular flexibility index (Phi) is 6.24. The van der Waals surface area contributed by atoms with Gasteiger partial charge in [-0.1, -0.05) is 0 Å². The van der Waals surface area contributed by atoms with E-state index in [4.69, 9.17) is 0 Å². The summed E-state index contributed by atoms with van der Waals surface area (Å²) in [5, 5.41) is 4.92. The van der Waals surface area contributed by atoms with Crippen LogP contribution < -0.4 is 10.6 Å². The van der Waals surface area contributed by atoms with E-state index < -0.39 is 33.5 Å². The lowest BCUT2D eigenvalue weighted by molar-refractivity contribution is -0.121. The maximum absolute atomic E-state index is 13.8. The van der Waals surface area contributed by atoms with Crippen LogP contribution in [0.2, 0.25) is 0 Å². The van der Waals surface area contributed by atoms with Crippen LogP contribution in [0.4, 0.5) is 20.2 Å². The van der Waals surface area contributed by atoms with Gasteiger partial charge in [-0.15, -0.1) is 11.8 Å². The molecular weight excluding hydrogens is 460 g/mol. The zero-order valence-corrected chi connectivity index (χ0v) is 18.7. The number of fused-ring (bicyclic) bond motifs is 1. The largest absolute Gasteiger partial charge is 0.324 e. The van der Waals surface area contributed by atoms with Crippen molar-refractivity contribution in [3.05, 3.63) is 48.0 Å². The monoisotopic (exact) mass is 481 g/mol. The molecule has 1 atom stereocenters. The van der Waals surface area contributed by atoms with Crippen LogP contribution in [0.15, 0.2) is 46.2 Å². The van der Waals surface area contributed by atoms with Crippen molar-refractivity contribution in [1.29, 1.82) is 0 Å². The third kappa shape index (κ3) is 4.50. The minimum atomic E-state index is -3.81. The van der Waals surface area contributed by atoms with Crippen molar-refractivity contribution in [3.8, 4) is 0 Å². The first-order chi connectivity index (χ1) is 15.1. The normalized spacial score (nSPS) is 19.8. The number of amides is 2. The van der Waals surface area contributed by atoms with Gasteiger partial charge < -0.3 is 10.6 Å². The molecule has 2 aromatic carbocycles. The van der Waals surface area contributed by atoms with E-state index in [2.05, 4.69) is 10.6 Å². The highest BCUT2D eigenvalue weighted by Gasteiger charge is 2.33. The van der Waals surface area contributed by atoms with E-state index >= 15 is 0 Å². The van der Waals surface area contributed by atoms with Crippen LogP contribution in [0.3, 0.4) is 0 Å². The van der Waals surface area contributed by atoms with E-state index in [1.165, 1.54) is 28.2 Å². The van der Waals surface area contributed by atoms with Crippen LogP contribution in [0.1, 0.15) is 19.8 Å². The third-order valence-electron chi connectivity index (χ3n) is 5.53. The van der Waals surface area contributed by atoms with Gasteiger partial charge in [0.15, 0.2) is 0 Å². The summed E-state index contributed by atoms with van der Waals surface area (Å²) >= 11 is 1.37. The number of carbonyl (C=O) groups excluding carboxylic acids is 2. The van der Waals surface area contributed by atoms with Crippen LogP contribution >= 0.6 is 11.8 Å². The molecule has 2 aliphatic rings. The number of benzene rings is 2. The molecule has 0 radical (unpaired) electrons. The van der Waals surface area contributed by atoms with Crippen LogP contribution in [0, 0.1) is 17.6 Å². The highest BCUT2D eigenvalue weighted by molar-refractivity contribution is 8.01. The number of halogens is 2. The molecule has 170 valence electrons. The van der Waals surface area contributed by atoms with Crippen LogP contribution in [0.25, 0.3) is 0 Å². The lowest BCUT2D eigenvalue weighted by atomic mass is 9.97. The molecule has 2 aliphatic heterocycles. The van der Waals surface area contributed by atoms with E-state index in [1.807, 2.05) is 0 Å². The molecule has 0 unspecified atom stereocenters. The van der Waals surface area contributed by atoms with Crippen molar-refractivity contribution < 1.29 is 26.8 Å². The van der Waals surface area contributed by atoms with Gasteiger partial charge in [-0.25, -0.2) is 17.2 Å². The number of thioether (sulfide) groups is 1. The number of nitrogens with one attached hydrogen (secondary N) is 2. The van der Waals surface area contributed by atoms with Gasteiger partial charge in [0.1, 0.15) is 11.6 Å². The SMILES string of the molecule is C[C@H]1Sc2ccc(S(=O)(=O)N3CCC(C(=O)Nc4ccc(F)cc4F)CC3)cc2NC1=O. The molecule has 7 nitrogen and oxygen atoms in total. The second-order valence-electron chi connectivity index (χ2n) is 7.70. The van der Waals surface area contributed by atoms with Gasteiger partial charge in [0.2, 0.25) is 21.8 Å². The van der Waals surface area contributed by atoms with Crippen molar-refractivity contribution >= 4 is 45.0 Å². The topological polar surface area (TPSA) is 95.6 Å². The van der Waals surface area contributed by atoms with Gasteiger partial charge >= 0.3 is 0 Å². The van der Waals surface area contributed by atoms with E-state index in [-0.39, 0.29) is 47.7 Å². The number of carbonyl (C=O) groups is 2. The van der Waals surface area contributed by atoms with Gasteiger partial charge in [0.05, 0.1) is 21.5 Å². The molecule has 0 bridgehead atoms. The van der Waals surface area contributed by atoms with Crippen molar-refractivity contribution in [3.63, 3.8) is 0 Å². The maximum Gasteiger partial charge on any atom is 0.243 e. The first kappa shape index (κ1) is 22.7. The van der Waals surface area contributed by atoms with E-state index in [1.54, 1.807) is 13.0 Å². The molecule has 1 fully saturated rings. The first-order valence-corrected chi connectivity index (χ1v) is 12.3. The summed E-state index contributed by atoms with van der Waals surface area (Å²) in [5.41, 5.74) is 0.351. The fraction of sp³-hybridized carbons (Fsp3) is 0.333. The molecule has 0 spiro atoms. The second kappa shape index (κ2) is 8.80. The standard InChI is InChI=1S/C21H21F2N3O4S2/c1-12-20(27)25-18-11-15(3-5-19(18)31-12)32(29,30)26-8-6-13(7-9-26)21(28)24-17-4-2-14(22)10-16(17)23/h2-5,10-13H,6-9H2,1H3,(H,24,28)(H,25,27)/t12-/m1/s1. The zero-order valence-electron chi connectivity index (χ0n) is 17.1. The molecular formula is C21H21F2N3O4S2. The number of nitrogens with zero attached hydrogens (tertiary/aromatic N) is 1. The molecule has 0 aromatic heterocycles. The molecule has 2 heterocycles. The fourth-order valence-electron chi connectivity index (χ4n) is 3.68. The van der Waals surface area contributed by atoms with Crippen LogP contribution in [-0.2, 0) is 19.6 Å². The fourth-order valence-corrected chi connectivity index (χ4v) is 6.11. The molecule has 0 saturated carbocycles. The summed E-state index contributed by atoms with van der Waals surface area (Å²) in [6.07, 6.45) is 0.534. The molecule has 32 heavy (non-hydrogen) atoms. The Balaban J connectivity index is 1.42. The van der Waals surface area contributed by atoms with Gasteiger partial charge in [0.25, 0.3) is 0 Å². The van der Waals surface area contributed by atoms with Crippen LogP contribution in [0.5, 0.6) is 0 Å². The minimum absolute atomic E-state index is 0.0722. The molecule has 2 aromatic rings. The average Bonchev–Trinajstić information content (AvgIpc) is 2.76. The van der Waals surface area contributed by atoms with Crippen molar-refractivity contribution in [1.82, 2.24) is 4.31 Å². The highest BCUT2D eigenvalue weighted by Crippen LogP contribution is 2.37. The number of rotatable bonds is 4. The quantitative estimate of drug-likeness (QED) is 0.698. The Morgan fingerprint density at radius 1 is 1.16 bits per heavy atom. The van der Waals surface area contributed by atoms with E-state index in [0.717, 1.165) is 17.0 Å². The Hall–Kier alpha value is -2.50. The summed E-state index contributed by atoms with van der Waals surface area (Å²) < 4.78 is 54.3. The smallest absolute Gasteiger partial charge is 0.243 e. The number of anilines is 2. The minimum Gasteiger partial charge on any atom is -0.324 e. The van der Waals surface area contributed by atoms with Gasteiger partial charge in [-0.2, -0.15) is 4.31 Å². The summed E-state index contributed by atoms with van der Waals surface area (Å²) in [5.74, 6) is -2.72. The average molecular weight is 482 g/mol. The highest BCUT2D eigenvalue weighted by atomic mass is 32.2. The molecule has 2 N–H and O–H groups in total. The van der Waals surface area contributed by atoms with Crippen molar-refractivity contribution in [2.45, 2.75) is 34.8 Å². The Labute approximate surface area is 188 Å². The number of sulfonamides is 1. The number of piperidine rings is 1. The molecule has 2 amide bonds. The first-order valence-electron chi connectivity index (χ1n) is 10.0. The second-order valence-corrected chi connectivity index (χ2v) is 11.0. The van der Waals surface area contributed by atoms with Crippen LogP contribution in [-0.4, -0.2) is 42.9 Å². The third-order valence-corrected chi connectivity index (χ3v) is 8.61. The lowest BCUT2D eigenvalue weighted by Gasteiger charge is -2.31. The predicted molar refractivity (Wildman–Crippen MR) is 117 cm³/mol. The maximum atomic E-state index is 13.8. The Morgan fingerprint density at radius 3 is 2.56 bits per heavy atom.